The molecule has 3 unspecified atom stereocenters. The van der Waals surface area contributed by atoms with E-state index in [1.54, 1.807) is 25.8 Å². The lowest BCUT2D eigenvalue weighted by Gasteiger charge is -2.22. The van der Waals surface area contributed by atoms with Gasteiger partial charge in [-0.25, -0.2) is 0 Å². The molecule has 0 aromatic carbocycles. The molecule has 1 aliphatic rings. The molecule has 114 valence electrons. The zero-order valence-electron chi connectivity index (χ0n) is 12.3. The first-order chi connectivity index (χ1) is 9.47. The Morgan fingerprint density at radius 1 is 1.05 bits per heavy atom. The zero-order valence-corrected chi connectivity index (χ0v) is 12.3. The van der Waals surface area contributed by atoms with Gasteiger partial charge in [-0.3, -0.25) is 19.3 Å². The average Bonchev–Trinajstić information content (AvgIpc) is 2.76. The fraction of sp³-hybridized carbons (Fsp3) is 0.769. The Hall–Kier alpha value is -1.63. The van der Waals surface area contributed by atoms with Crippen molar-refractivity contribution in [2.24, 2.45) is 11.8 Å². The van der Waals surface area contributed by atoms with E-state index in [0.717, 1.165) is 0 Å². The minimum atomic E-state index is -0.897. The van der Waals surface area contributed by atoms with E-state index in [4.69, 9.17) is 14.2 Å². The molecule has 1 rings (SSSR count). The maximum atomic E-state index is 12.1. The number of ether oxygens (including phenoxy) is 3. The minimum absolute atomic E-state index is 0.183. The first kappa shape index (κ1) is 16.4. The molecule has 1 saturated heterocycles. The second-order valence-electron chi connectivity index (χ2n) is 4.54. The highest BCUT2D eigenvalue weighted by molar-refractivity contribution is 5.90. The predicted octanol–water partition coefficient (Wildman–Crippen LogP) is -0.168. The largest absolute Gasteiger partial charge is 0.468 e. The topological polar surface area (TPSA) is 82.1 Å². The molecule has 0 aromatic rings. The Morgan fingerprint density at radius 3 is 2.10 bits per heavy atom. The van der Waals surface area contributed by atoms with Gasteiger partial charge in [0, 0.05) is 6.54 Å². The number of likely N-dealkylation sites (N-methyl/N-ethyl adjacent to an activating group) is 1. The minimum Gasteiger partial charge on any atom is -0.468 e. The van der Waals surface area contributed by atoms with Crippen molar-refractivity contribution in [3.63, 3.8) is 0 Å². The molecule has 0 aliphatic carbocycles. The number of nitrogens with zero attached hydrogens (tertiary/aromatic N) is 1. The van der Waals surface area contributed by atoms with Gasteiger partial charge < -0.3 is 14.2 Å². The van der Waals surface area contributed by atoms with Crippen molar-refractivity contribution < 1.29 is 28.6 Å². The zero-order chi connectivity index (χ0) is 15.3. The lowest BCUT2D eigenvalue weighted by molar-refractivity contribution is -0.162. The maximum Gasteiger partial charge on any atom is 0.324 e. The number of esters is 3. The Kier molecular flexibility index (Phi) is 5.94. The van der Waals surface area contributed by atoms with E-state index >= 15 is 0 Å². The summed E-state index contributed by atoms with van der Waals surface area (Å²) in [5.41, 5.74) is 0. The van der Waals surface area contributed by atoms with Crippen LogP contribution in [-0.2, 0) is 28.6 Å². The normalized spacial score (nSPS) is 26.1. The number of hydrogen-bond acceptors (Lipinski definition) is 7. The molecule has 0 aromatic heterocycles. The van der Waals surface area contributed by atoms with E-state index in [-0.39, 0.29) is 19.8 Å². The molecule has 0 radical (unpaired) electrons. The standard InChI is InChI=1S/C13H21NO6/c1-5-19-11(15)8-7-14(3)10(13(17)18-4)9(8)12(16)20-6-2/h8-10H,5-7H2,1-4H3. The molecule has 0 N–H and O–H groups in total. The van der Waals surface area contributed by atoms with E-state index in [2.05, 4.69) is 0 Å². The van der Waals surface area contributed by atoms with Crippen molar-refractivity contribution in [3.8, 4) is 0 Å². The lowest BCUT2D eigenvalue weighted by Crippen LogP contribution is -2.43. The van der Waals surface area contributed by atoms with Gasteiger partial charge in [-0.05, 0) is 20.9 Å². The smallest absolute Gasteiger partial charge is 0.324 e. The van der Waals surface area contributed by atoms with Crippen LogP contribution in [0, 0.1) is 11.8 Å². The van der Waals surface area contributed by atoms with Crippen LogP contribution in [0.3, 0.4) is 0 Å². The van der Waals surface area contributed by atoms with Gasteiger partial charge >= 0.3 is 17.9 Å². The predicted molar refractivity (Wildman–Crippen MR) is 68.7 cm³/mol. The second-order valence-corrected chi connectivity index (χ2v) is 4.54. The highest BCUT2D eigenvalue weighted by Gasteiger charge is 2.52. The van der Waals surface area contributed by atoms with Crippen LogP contribution in [0.2, 0.25) is 0 Å². The van der Waals surface area contributed by atoms with Gasteiger partial charge in [0.1, 0.15) is 6.04 Å². The fourth-order valence-corrected chi connectivity index (χ4v) is 2.48. The van der Waals surface area contributed by atoms with Gasteiger partial charge in [0.2, 0.25) is 0 Å². The summed E-state index contributed by atoms with van der Waals surface area (Å²) in [5.74, 6) is -3.25. The molecule has 0 saturated carbocycles. The average molecular weight is 287 g/mol. The summed E-state index contributed by atoms with van der Waals surface area (Å²) in [5, 5.41) is 0. The summed E-state index contributed by atoms with van der Waals surface area (Å²) in [7, 11) is 2.91. The lowest BCUT2D eigenvalue weighted by atomic mass is 9.90. The molecule has 1 heterocycles. The Balaban J connectivity index is 3.03. The van der Waals surface area contributed by atoms with Crippen LogP contribution in [0.5, 0.6) is 0 Å². The highest BCUT2D eigenvalue weighted by Crippen LogP contribution is 2.31. The third-order valence-electron chi connectivity index (χ3n) is 3.32. The molecule has 3 atom stereocenters. The Bertz CT molecular complexity index is 383. The highest BCUT2D eigenvalue weighted by atomic mass is 16.5. The molecule has 20 heavy (non-hydrogen) atoms. The number of methoxy groups -OCH3 is 1. The molecule has 7 nitrogen and oxygen atoms in total. The first-order valence-electron chi connectivity index (χ1n) is 6.59. The Morgan fingerprint density at radius 2 is 1.60 bits per heavy atom. The van der Waals surface area contributed by atoms with Gasteiger partial charge in [0.15, 0.2) is 0 Å². The van der Waals surface area contributed by atoms with Crippen LogP contribution in [0.25, 0.3) is 0 Å². The van der Waals surface area contributed by atoms with Crippen LogP contribution in [0.15, 0.2) is 0 Å². The molecular formula is C13H21NO6. The second kappa shape index (κ2) is 7.23. The molecule has 7 heteroatoms. The fourth-order valence-electron chi connectivity index (χ4n) is 2.48. The van der Waals surface area contributed by atoms with Crippen LogP contribution in [0.4, 0.5) is 0 Å². The third-order valence-corrected chi connectivity index (χ3v) is 3.32. The summed E-state index contributed by atoms with van der Waals surface area (Å²) in [4.78, 5) is 37.5. The van der Waals surface area contributed by atoms with Crippen molar-refractivity contribution in [1.29, 1.82) is 0 Å². The van der Waals surface area contributed by atoms with E-state index in [1.807, 2.05) is 0 Å². The van der Waals surface area contributed by atoms with Crippen LogP contribution >= 0.6 is 0 Å². The van der Waals surface area contributed by atoms with Gasteiger partial charge in [-0.2, -0.15) is 0 Å². The summed E-state index contributed by atoms with van der Waals surface area (Å²) < 4.78 is 14.7. The van der Waals surface area contributed by atoms with E-state index in [1.165, 1.54) is 7.11 Å². The first-order valence-corrected chi connectivity index (χ1v) is 6.59. The van der Waals surface area contributed by atoms with Gasteiger partial charge in [0.05, 0.1) is 32.2 Å². The summed E-state index contributed by atoms with van der Waals surface area (Å²) in [6.45, 7) is 4.01. The van der Waals surface area contributed by atoms with Crippen molar-refractivity contribution in [2.45, 2.75) is 19.9 Å². The summed E-state index contributed by atoms with van der Waals surface area (Å²) >= 11 is 0. The number of carbonyl (C=O) groups is 3. The summed E-state index contributed by atoms with van der Waals surface area (Å²) in [6.07, 6.45) is 0. The molecule has 1 aliphatic heterocycles. The van der Waals surface area contributed by atoms with Gasteiger partial charge in [0.25, 0.3) is 0 Å². The SMILES string of the molecule is CCOC(=O)C1CN(C)C(C(=O)OC)C1C(=O)OCC. The van der Waals surface area contributed by atoms with E-state index in [9.17, 15) is 14.4 Å². The third kappa shape index (κ3) is 3.27. The van der Waals surface area contributed by atoms with Crippen LogP contribution in [-0.4, -0.2) is 62.8 Å². The van der Waals surface area contributed by atoms with Gasteiger partial charge in [-0.1, -0.05) is 0 Å². The molecule has 0 amide bonds. The number of likely N-dealkylation sites (tertiary alicyclic amines) is 1. The maximum absolute atomic E-state index is 12.1. The van der Waals surface area contributed by atoms with Gasteiger partial charge in [-0.15, -0.1) is 0 Å². The number of hydrogen-bond donors (Lipinski definition) is 0. The molecule has 0 bridgehead atoms. The van der Waals surface area contributed by atoms with Crippen LogP contribution < -0.4 is 0 Å². The van der Waals surface area contributed by atoms with E-state index < -0.39 is 35.8 Å². The molecule has 0 spiro atoms. The quantitative estimate of drug-likeness (QED) is 0.513. The molecular weight excluding hydrogens is 266 g/mol. The number of carbonyl (C=O) groups excluding carboxylic acids is 3. The van der Waals surface area contributed by atoms with Crippen molar-refractivity contribution in [3.05, 3.63) is 0 Å². The van der Waals surface area contributed by atoms with Crippen molar-refractivity contribution in [1.82, 2.24) is 4.90 Å². The molecule has 1 fully saturated rings. The van der Waals surface area contributed by atoms with Crippen LogP contribution in [0.1, 0.15) is 13.8 Å². The summed E-state index contributed by atoms with van der Waals surface area (Å²) in [6, 6.07) is -0.826. The monoisotopic (exact) mass is 287 g/mol. The van der Waals surface area contributed by atoms with E-state index in [0.29, 0.717) is 0 Å². The van der Waals surface area contributed by atoms with Crippen molar-refractivity contribution >= 4 is 17.9 Å². The Labute approximate surface area is 118 Å². The number of rotatable bonds is 5. The van der Waals surface area contributed by atoms with Crippen molar-refractivity contribution in [2.75, 3.05) is 33.9 Å².